The maximum atomic E-state index is 9.63. The van der Waals surface area contributed by atoms with Crippen LogP contribution < -0.4 is 11.1 Å². The van der Waals surface area contributed by atoms with E-state index in [0.717, 1.165) is 22.0 Å². The molecule has 0 radical (unpaired) electrons. The van der Waals surface area contributed by atoms with Crippen LogP contribution in [0.3, 0.4) is 0 Å². The predicted octanol–water partition coefficient (Wildman–Crippen LogP) is 3.14. The first kappa shape index (κ1) is 12.4. The van der Waals surface area contributed by atoms with E-state index in [1.165, 1.54) is 0 Å². The molecule has 3 rings (SSSR count). The molecule has 0 atom stereocenters. The third-order valence-electron chi connectivity index (χ3n) is 3.18. The minimum absolute atomic E-state index is 0.226. The number of phenolic OH excluding ortho intramolecular Hbond substituents is 1. The van der Waals surface area contributed by atoms with Gasteiger partial charge in [0.25, 0.3) is 0 Å². The number of anilines is 2. The number of nitrogens with one attached hydrogen (secondary N) is 1. The Morgan fingerprint density at radius 1 is 1.10 bits per heavy atom. The van der Waals surface area contributed by atoms with Gasteiger partial charge >= 0.3 is 0 Å². The summed E-state index contributed by atoms with van der Waals surface area (Å²) in [6, 6.07) is 15.0. The lowest BCUT2D eigenvalue weighted by molar-refractivity contribution is 0.476. The molecular weight excluding hydrogens is 250 g/mol. The Balaban J connectivity index is 2.03. The first-order chi connectivity index (χ1) is 9.76. The van der Waals surface area contributed by atoms with E-state index in [9.17, 15) is 5.11 Å². The molecule has 4 N–H and O–H groups in total. The Labute approximate surface area is 116 Å². The molecule has 0 saturated heterocycles. The summed E-state index contributed by atoms with van der Waals surface area (Å²) in [6.45, 7) is 0.499. The van der Waals surface area contributed by atoms with Crippen LogP contribution in [0.5, 0.6) is 5.75 Å². The molecular formula is C16H15N3O. The molecule has 0 aliphatic rings. The maximum Gasteiger partial charge on any atom is 0.138 e. The molecule has 100 valence electrons. The summed E-state index contributed by atoms with van der Waals surface area (Å²) in [5.74, 6) is 0.942. The van der Waals surface area contributed by atoms with Gasteiger partial charge in [0.05, 0.1) is 0 Å². The quantitative estimate of drug-likeness (QED) is 0.680. The molecule has 0 fully saturated rings. The van der Waals surface area contributed by atoms with Crippen LogP contribution in [0.4, 0.5) is 11.5 Å². The number of rotatable bonds is 3. The van der Waals surface area contributed by atoms with Crippen molar-refractivity contribution in [3.8, 4) is 5.75 Å². The van der Waals surface area contributed by atoms with Crippen LogP contribution in [0.2, 0.25) is 0 Å². The molecule has 0 aliphatic heterocycles. The van der Waals surface area contributed by atoms with Crippen molar-refractivity contribution in [3.63, 3.8) is 0 Å². The smallest absolute Gasteiger partial charge is 0.138 e. The van der Waals surface area contributed by atoms with E-state index in [4.69, 9.17) is 5.73 Å². The van der Waals surface area contributed by atoms with Crippen LogP contribution in [0.25, 0.3) is 10.8 Å². The number of benzene rings is 2. The highest BCUT2D eigenvalue weighted by Crippen LogP contribution is 2.27. The summed E-state index contributed by atoms with van der Waals surface area (Å²) >= 11 is 0. The van der Waals surface area contributed by atoms with E-state index in [1.54, 1.807) is 18.3 Å². The number of phenols is 1. The molecule has 0 saturated carbocycles. The Morgan fingerprint density at radius 3 is 2.85 bits per heavy atom. The number of aromatic nitrogens is 1. The molecule has 0 aliphatic carbocycles. The fraction of sp³-hybridized carbons (Fsp3) is 0.0625. The minimum atomic E-state index is 0.226. The third kappa shape index (κ3) is 2.41. The van der Waals surface area contributed by atoms with Gasteiger partial charge in [-0.2, -0.15) is 0 Å². The number of pyridine rings is 1. The van der Waals surface area contributed by atoms with Crippen LogP contribution in [0, 0.1) is 0 Å². The van der Waals surface area contributed by atoms with Gasteiger partial charge < -0.3 is 16.2 Å². The zero-order chi connectivity index (χ0) is 13.9. The number of nitrogens with zero attached hydrogens (tertiary/aromatic N) is 1. The molecule has 0 amide bonds. The first-order valence-electron chi connectivity index (χ1n) is 6.40. The van der Waals surface area contributed by atoms with Gasteiger partial charge in [-0.25, -0.2) is 4.98 Å². The standard InChI is InChI=1S/C16H15N3O/c17-10-11-2-1-3-13(8-11)19-16-15-9-14(20)5-4-12(15)6-7-18-16/h1-9,20H,10,17H2,(H,18,19). The van der Waals surface area contributed by atoms with Crippen molar-refractivity contribution in [3.05, 3.63) is 60.3 Å². The largest absolute Gasteiger partial charge is 0.508 e. The van der Waals surface area contributed by atoms with Crippen LogP contribution in [0.1, 0.15) is 5.56 Å². The zero-order valence-electron chi connectivity index (χ0n) is 10.9. The van der Waals surface area contributed by atoms with Crippen molar-refractivity contribution in [2.45, 2.75) is 6.54 Å². The van der Waals surface area contributed by atoms with Crippen molar-refractivity contribution in [1.82, 2.24) is 4.98 Å². The van der Waals surface area contributed by atoms with Gasteiger partial charge in [0, 0.05) is 23.8 Å². The van der Waals surface area contributed by atoms with Crippen molar-refractivity contribution >= 4 is 22.3 Å². The zero-order valence-corrected chi connectivity index (χ0v) is 10.9. The summed E-state index contributed by atoms with van der Waals surface area (Å²) in [5, 5.41) is 14.8. The van der Waals surface area contributed by atoms with E-state index in [-0.39, 0.29) is 5.75 Å². The fourth-order valence-corrected chi connectivity index (χ4v) is 2.17. The minimum Gasteiger partial charge on any atom is -0.508 e. The van der Waals surface area contributed by atoms with Crippen molar-refractivity contribution in [1.29, 1.82) is 0 Å². The highest BCUT2D eigenvalue weighted by atomic mass is 16.3. The van der Waals surface area contributed by atoms with E-state index in [1.807, 2.05) is 36.4 Å². The van der Waals surface area contributed by atoms with E-state index in [0.29, 0.717) is 12.4 Å². The summed E-state index contributed by atoms with van der Waals surface area (Å²) in [6.07, 6.45) is 1.74. The average molecular weight is 265 g/mol. The number of fused-ring (bicyclic) bond motifs is 1. The van der Waals surface area contributed by atoms with E-state index >= 15 is 0 Å². The second-order valence-corrected chi connectivity index (χ2v) is 4.59. The molecule has 0 bridgehead atoms. The third-order valence-corrected chi connectivity index (χ3v) is 3.18. The van der Waals surface area contributed by atoms with Gasteiger partial charge in [-0.1, -0.05) is 18.2 Å². The summed E-state index contributed by atoms with van der Waals surface area (Å²) in [5.41, 5.74) is 7.63. The Hall–Kier alpha value is -2.59. The van der Waals surface area contributed by atoms with Gasteiger partial charge in [-0.15, -0.1) is 0 Å². The first-order valence-corrected chi connectivity index (χ1v) is 6.40. The van der Waals surface area contributed by atoms with Gasteiger partial charge in [0.1, 0.15) is 11.6 Å². The number of nitrogens with two attached hydrogens (primary N) is 1. The lowest BCUT2D eigenvalue weighted by Gasteiger charge is -2.10. The van der Waals surface area contributed by atoms with Gasteiger partial charge in [0.15, 0.2) is 0 Å². The SMILES string of the molecule is NCc1cccc(Nc2nccc3ccc(O)cc23)c1. The summed E-state index contributed by atoms with van der Waals surface area (Å²) in [7, 11) is 0. The van der Waals surface area contributed by atoms with Crippen LogP contribution in [-0.4, -0.2) is 10.1 Å². The van der Waals surface area contributed by atoms with E-state index < -0.39 is 0 Å². The molecule has 4 heteroatoms. The van der Waals surface area contributed by atoms with Crippen LogP contribution in [-0.2, 0) is 6.54 Å². The number of aromatic hydroxyl groups is 1. The summed E-state index contributed by atoms with van der Waals surface area (Å²) < 4.78 is 0. The normalized spacial score (nSPS) is 10.7. The Kier molecular flexibility index (Phi) is 3.23. The maximum absolute atomic E-state index is 9.63. The molecule has 0 unspecified atom stereocenters. The van der Waals surface area contributed by atoms with Crippen LogP contribution in [0.15, 0.2) is 54.7 Å². The highest BCUT2D eigenvalue weighted by Gasteiger charge is 2.04. The van der Waals surface area contributed by atoms with Crippen molar-refractivity contribution in [2.24, 2.45) is 5.73 Å². The summed E-state index contributed by atoms with van der Waals surface area (Å²) in [4.78, 5) is 4.35. The molecule has 1 aromatic heterocycles. The second-order valence-electron chi connectivity index (χ2n) is 4.59. The topological polar surface area (TPSA) is 71.2 Å². The molecule has 0 spiro atoms. The number of hydrogen-bond acceptors (Lipinski definition) is 4. The van der Waals surface area contributed by atoms with E-state index in [2.05, 4.69) is 10.3 Å². The average Bonchev–Trinajstić information content (AvgIpc) is 2.48. The molecule has 1 heterocycles. The van der Waals surface area contributed by atoms with Gasteiger partial charge in [-0.3, -0.25) is 0 Å². The predicted molar refractivity (Wildman–Crippen MR) is 81.0 cm³/mol. The fourth-order valence-electron chi connectivity index (χ4n) is 2.17. The van der Waals surface area contributed by atoms with Crippen molar-refractivity contribution in [2.75, 3.05) is 5.32 Å². The molecule has 4 nitrogen and oxygen atoms in total. The Bertz CT molecular complexity index is 756. The lowest BCUT2D eigenvalue weighted by Crippen LogP contribution is -1.98. The van der Waals surface area contributed by atoms with Gasteiger partial charge in [0.2, 0.25) is 0 Å². The molecule has 20 heavy (non-hydrogen) atoms. The molecule has 2 aromatic carbocycles. The molecule has 3 aromatic rings. The van der Waals surface area contributed by atoms with Crippen molar-refractivity contribution < 1.29 is 5.11 Å². The Morgan fingerprint density at radius 2 is 2.00 bits per heavy atom. The monoisotopic (exact) mass is 265 g/mol. The second kappa shape index (κ2) is 5.19. The lowest BCUT2D eigenvalue weighted by atomic mass is 10.1. The van der Waals surface area contributed by atoms with Crippen LogP contribution >= 0.6 is 0 Å². The van der Waals surface area contributed by atoms with Gasteiger partial charge in [-0.05, 0) is 41.3 Å². The highest BCUT2D eigenvalue weighted by molar-refractivity contribution is 5.94. The number of hydrogen-bond donors (Lipinski definition) is 3.